The topological polar surface area (TPSA) is 0 Å². The molecule has 0 aromatic heterocycles. The van der Waals surface area contributed by atoms with Gasteiger partial charge in [0.1, 0.15) is 0 Å². The number of hydrogen-bond donors (Lipinski definition) is 0. The molecule has 0 nitrogen and oxygen atoms in total. The van der Waals surface area contributed by atoms with Crippen LogP contribution < -0.4 is 0 Å². The summed E-state index contributed by atoms with van der Waals surface area (Å²) in [6.07, 6.45) is 15.4. The van der Waals surface area contributed by atoms with Crippen molar-refractivity contribution in [2.75, 3.05) is 0 Å². The molecule has 7 rings (SSSR count). The molecule has 0 bridgehead atoms. The van der Waals surface area contributed by atoms with E-state index in [1.807, 2.05) is 30.3 Å². The molecule has 0 aliphatic heterocycles. The molecule has 1 unspecified atom stereocenters. The van der Waals surface area contributed by atoms with Crippen molar-refractivity contribution in [1.82, 2.24) is 0 Å². The molecule has 0 fully saturated rings. The summed E-state index contributed by atoms with van der Waals surface area (Å²) in [5, 5.41) is 0. The Balaban J connectivity index is 0.000000422. The Kier molecular flexibility index (Phi) is 17.6. The maximum absolute atomic E-state index is 3.65. The molecule has 50 heavy (non-hydrogen) atoms. The second-order valence-corrected chi connectivity index (χ2v) is 15.1. The Hall–Kier alpha value is -2.05. The molecule has 270 valence electrons. The summed E-state index contributed by atoms with van der Waals surface area (Å²) in [4.78, 5) is 0. The number of hydrogen-bond acceptors (Lipinski definition) is 0. The summed E-state index contributed by atoms with van der Waals surface area (Å²) in [7, 11) is 0. The van der Waals surface area contributed by atoms with Gasteiger partial charge in [-0.15, -0.1) is 36.4 Å². The van der Waals surface area contributed by atoms with Gasteiger partial charge in [0, 0.05) is 5.41 Å². The average molecular weight is 787 g/mol. The monoisotopic (exact) mass is 784 g/mol. The molecule has 0 spiro atoms. The Labute approximate surface area is 334 Å². The van der Waals surface area contributed by atoms with Crippen LogP contribution in [0.5, 0.6) is 0 Å². The normalized spacial score (nSPS) is 17.4. The number of benzene rings is 3. The second-order valence-electron chi connectivity index (χ2n) is 15.1. The first-order valence-corrected chi connectivity index (χ1v) is 19.4. The minimum Gasteiger partial charge on any atom is -0.184 e. The molecule has 0 radical (unpaired) electrons. The molecule has 3 aromatic carbocycles. The van der Waals surface area contributed by atoms with Crippen LogP contribution in [0.15, 0.2) is 77.9 Å². The third-order valence-corrected chi connectivity index (χ3v) is 9.69. The Morgan fingerprint density at radius 1 is 0.820 bits per heavy atom. The molecule has 3 aromatic rings. The standard InChI is InChI=1S/C25H25.C13H21.C6H5.C2H5.CH2.2ClH.Zr/c1-14-12-24(3,4)22-8-16-7-17-9-23-19(15(2)13-25(23,5)6)11-21(17)20(16)10-18(14)22;1-6-10-8-11(7-2)12(9-10)13(3,4)5;1-2-4-6-5-3-1;1-2;;;;/h8-12H,7H2,1-6H3;9-10H,6-7H2,1-5H3;1-5H;1H2,2H3;1H2;2*1H;/q4*-1;;;;. The van der Waals surface area contributed by atoms with E-state index in [4.69, 9.17) is 0 Å². The molecule has 4 aliphatic carbocycles. The van der Waals surface area contributed by atoms with Crippen LogP contribution in [0.3, 0.4) is 0 Å². The van der Waals surface area contributed by atoms with Gasteiger partial charge in [0.15, 0.2) is 0 Å². The van der Waals surface area contributed by atoms with Crippen molar-refractivity contribution < 1.29 is 24.2 Å². The maximum Gasteiger partial charge on any atom is -0.171 e. The third kappa shape index (κ3) is 10.1. The molecule has 4 aliphatic rings. The van der Waals surface area contributed by atoms with Gasteiger partial charge in [-0.25, -0.2) is 11.1 Å². The predicted molar refractivity (Wildman–Crippen MR) is 223 cm³/mol. The van der Waals surface area contributed by atoms with Crippen LogP contribution in [0.25, 0.3) is 22.3 Å². The number of halogens is 2. The van der Waals surface area contributed by atoms with Gasteiger partial charge in [0.25, 0.3) is 0 Å². The number of allylic oxidation sites excluding steroid dienone is 8. The number of rotatable bonds is 2. The van der Waals surface area contributed by atoms with E-state index in [-0.39, 0.29) is 35.6 Å². The van der Waals surface area contributed by atoms with Crippen LogP contribution in [-0.4, -0.2) is 4.21 Å². The smallest absolute Gasteiger partial charge is 0.171 e. The maximum atomic E-state index is 3.65. The average Bonchev–Trinajstić information content (AvgIpc) is 3.78. The fraction of sp³-hybridized carbons (Fsp3) is 0.404. The van der Waals surface area contributed by atoms with Crippen molar-refractivity contribution in [3.63, 3.8) is 0 Å². The first kappa shape index (κ1) is 46.0. The van der Waals surface area contributed by atoms with Crippen LogP contribution in [0.2, 0.25) is 0 Å². The molecule has 0 saturated heterocycles. The van der Waals surface area contributed by atoms with Crippen LogP contribution >= 0.6 is 24.8 Å². The van der Waals surface area contributed by atoms with Crippen molar-refractivity contribution in [2.24, 2.45) is 11.3 Å². The van der Waals surface area contributed by atoms with Gasteiger partial charge in [-0.3, -0.25) is 12.2 Å². The zero-order valence-corrected chi connectivity index (χ0v) is 36.9. The summed E-state index contributed by atoms with van der Waals surface area (Å²) >= 11 is 1.30. The van der Waals surface area contributed by atoms with Crippen LogP contribution in [0.1, 0.15) is 129 Å². The van der Waals surface area contributed by atoms with Gasteiger partial charge in [0.2, 0.25) is 0 Å². The van der Waals surface area contributed by atoms with E-state index >= 15 is 0 Å². The van der Waals surface area contributed by atoms with Crippen molar-refractivity contribution in [3.8, 4) is 11.1 Å². The van der Waals surface area contributed by atoms with Crippen molar-refractivity contribution in [1.29, 1.82) is 0 Å². The summed E-state index contributed by atoms with van der Waals surface area (Å²) < 4.78 is 3.34. The minimum atomic E-state index is 0. The van der Waals surface area contributed by atoms with E-state index in [0.717, 1.165) is 12.8 Å². The molecule has 0 N–H and O–H groups in total. The third-order valence-electron chi connectivity index (χ3n) is 9.69. The molecule has 0 saturated carbocycles. The molecule has 0 heterocycles. The fourth-order valence-corrected chi connectivity index (χ4v) is 7.48. The van der Waals surface area contributed by atoms with Gasteiger partial charge in [0.05, 0.1) is 0 Å². The van der Waals surface area contributed by atoms with Crippen molar-refractivity contribution in [2.45, 2.75) is 113 Å². The van der Waals surface area contributed by atoms with E-state index in [1.165, 1.54) is 97.5 Å². The molecule has 1 atom stereocenters. The van der Waals surface area contributed by atoms with Crippen molar-refractivity contribution in [3.05, 3.63) is 136 Å². The quantitative estimate of drug-likeness (QED) is 0.178. The Bertz CT molecular complexity index is 1600. The first-order chi connectivity index (χ1) is 22.7. The zero-order valence-electron chi connectivity index (χ0n) is 32.8. The second kappa shape index (κ2) is 19.2. The Morgan fingerprint density at radius 2 is 1.36 bits per heavy atom. The van der Waals surface area contributed by atoms with Gasteiger partial charge >= 0.3 is 28.4 Å². The van der Waals surface area contributed by atoms with Gasteiger partial charge in [-0.2, -0.15) is 60.5 Å². The van der Waals surface area contributed by atoms with E-state index in [2.05, 4.69) is 142 Å². The fourth-order valence-electron chi connectivity index (χ4n) is 7.48. The summed E-state index contributed by atoms with van der Waals surface area (Å²) in [6, 6.07) is 22.3. The predicted octanol–water partition coefficient (Wildman–Crippen LogP) is 13.7. The number of fused-ring (bicyclic) bond motifs is 5. The summed E-state index contributed by atoms with van der Waals surface area (Å²) in [5.74, 6) is 0.573. The molecule has 0 amide bonds. The van der Waals surface area contributed by atoms with Crippen molar-refractivity contribution >= 4 is 40.2 Å². The largest absolute Gasteiger partial charge is 0.184 e. The van der Waals surface area contributed by atoms with Gasteiger partial charge in [-0.1, -0.05) is 117 Å². The zero-order chi connectivity index (χ0) is 36.0. The SMILES string of the molecule is CC1=[C-]C(C)(C)c2cc3c(cc21)-c1cc2c(cc1C3)C(C)(C)C=C2C.CCC1=[C-]C(CC)C=C1C(C)(C)C.Cl.Cl.[CH2-]C.[CH2]=[Zr].[c-]1ccccc1. The van der Waals surface area contributed by atoms with Crippen LogP contribution in [-0.2, 0) is 41.5 Å². The summed E-state index contributed by atoms with van der Waals surface area (Å²) in [5.41, 5.74) is 17.8. The van der Waals surface area contributed by atoms with Gasteiger partial charge < -0.3 is 6.92 Å². The van der Waals surface area contributed by atoms with Crippen LogP contribution in [0, 0.1) is 36.5 Å². The van der Waals surface area contributed by atoms with E-state index in [1.54, 1.807) is 6.92 Å². The van der Waals surface area contributed by atoms with Gasteiger partial charge in [-0.05, 0) is 58.4 Å². The summed E-state index contributed by atoms with van der Waals surface area (Å²) in [6.45, 7) is 30.0. The van der Waals surface area contributed by atoms with E-state index in [9.17, 15) is 0 Å². The minimum absolute atomic E-state index is 0. The molecule has 3 heteroatoms. The Morgan fingerprint density at radius 3 is 1.80 bits per heavy atom. The first-order valence-electron chi connectivity index (χ1n) is 17.7. The van der Waals surface area contributed by atoms with E-state index in [0.29, 0.717) is 11.3 Å². The van der Waals surface area contributed by atoms with Crippen LogP contribution in [0.4, 0.5) is 0 Å². The van der Waals surface area contributed by atoms with E-state index < -0.39 is 0 Å². The molecular weight excluding hydrogens is 727 g/mol. The molecular formula is C47H60Cl2Zr-4.